The van der Waals surface area contributed by atoms with Gasteiger partial charge in [0.05, 0.1) is 5.56 Å². The largest absolute Gasteiger partial charge is 0.454 e. The average Bonchev–Trinajstić information content (AvgIpc) is 3.20. The number of tetrazole rings is 1. The Morgan fingerprint density at radius 2 is 1.74 bits per heavy atom. The van der Waals surface area contributed by atoms with E-state index in [9.17, 15) is 9.59 Å². The number of rotatable bonds is 5. The first kappa shape index (κ1) is 17.3. The zero-order valence-corrected chi connectivity index (χ0v) is 14.9. The molecule has 0 N–H and O–H groups in total. The van der Waals surface area contributed by atoms with E-state index in [4.69, 9.17) is 4.74 Å². The molecule has 4 rings (SSSR count). The Morgan fingerprint density at radius 1 is 1.00 bits per heavy atom. The van der Waals surface area contributed by atoms with E-state index < -0.39 is 5.97 Å². The van der Waals surface area contributed by atoms with Crippen molar-refractivity contribution >= 4 is 17.4 Å². The first-order valence-electron chi connectivity index (χ1n) is 9.19. The summed E-state index contributed by atoms with van der Waals surface area (Å²) in [5, 5.41) is 11.0. The predicted molar refractivity (Wildman–Crippen MR) is 97.7 cm³/mol. The maximum absolute atomic E-state index is 12.3. The van der Waals surface area contributed by atoms with Crippen LogP contribution in [0.3, 0.4) is 0 Å². The highest BCUT2D eigenvalue weighted by atomic mass is 16.5. The number of ketones is 1. The van der Waals surface area contributed by atoms with Gasteiger partial charge in [-0.25, -0.2) is 4.79 Å². The zero-order valence-electron chi connectivity index (χ0n) is 14.9. The molecule has 3 aromatic rings. The number of carbonyl (C=O) groups is 2. The number of pyridine rings is 1. The number of ether oxygens (including phenoxy) is 1. The highest BCUT2D eigenvalue weighted by Gasteiger charge is 2.17. The van der Waals surface area contributed by atoms with Crippen LogP contribution in [-0.4, -0.2) is 38.4 Å². The van der Waals surface area contributed by atoms with Gasteiger partial charge in [-0.2, -0.15) is 4.52 Å². The standard InChI is InChI=1S/C20H20N4O3/c25-18(16-8-6-15(7-9-16)14-4-2-1-3-5-14)13-27-20(26)17-10-11-19-21-22-23-24(19)12-17/h6-12,14H,1-5,13H2. The van der Waals surface area contributed by atoms with Crippen molar-refractivity contribution in [3.05, 3.63) is 59.3 Å². The molecule has 0 saturated heterocycles. The quantitative estimate of drug-likeness (QED) is 0.510. The molecule has 0 atom stereocenters. The number of hydrogen-bond donors (Lipinski definition) is 0. The van der Waals surface area contributed by atoms with Crippen LogP contribution in [-0.2, 0) is 4.74 Å². The molecule has 7 nitrogen and oxygen atoms in total. The summed E-state index contributed by atoms with van der Waals surface area (Å²) in [5.74, 6) is -0.205. The normalized spacial score (nSPS) is 15.0. The Balaban J connectivity index is 1.36. The maximum Gasteiger partial charge on any atom is 0.340 e. The molecule has 0 bridgehead atoms. The third-order valence-electron chi connectivity index (χ3n) is 5.07. The van der Waals surface area contributed by atoms with Gasteiger partial charge in [0.25, 0.3) is 0 Å². The summed E-state index contributed by atoms with van der Waals surface area (Å²) in [6, 6.07) is 10.9. The van der Waals surface area contributed by atoms with Crippen molar-refractivity contribution in [1.29, 1.82) is 0 Å². The number of Topliss-reactive ketones (excluding diaryl/α,β-unsaturated/α-hetero) is 1. The molecule has 2 aromatic heterocycles. The number of nitrogens with zero attached hydrogens (tertiary/aromatic N) is 4. The highest BCUT2D eigenvalue weighted by molar-refractivity contribution is 5.99. The molecule has 0 amide bonds. The number of aromatic nitrogens is 4. The third-order valence-corrected chi connectivity index (χ3v) is 5.07. The van der Waals surface area contributed by atoms with E-state index in [-0.39, 0.29) is 18.0 Å². The SMILES string of the molecule is O=C(COC(=O)c1ccc2nnnn2c1)c1ccc(C2CCCCC2)cc1. The van der Waals surface area contributed by atoms with Crippen LogP contribution in [0.2, 0.25) is 0 Å². The van der Waals surface area contributed by atoms with E-state index >= 15 is 0 Å². The summed E-state index contributed by atoms with van der Waals surface area (Å²) in [7, 11) is 0. The predicted octanol–water partition coefficient (Wildman–Crippen LogP) is 3.21. The molecule has 0 unspecified atom stereocenters. The lowest BCUT2D eigenvalue weighted by atomic mass is 9.84. The van der Waals surface area contributed by atoms with E-state index in [0.29, 0.717) is 17.1 Å². The number of esters is 1. The van der Waals surface area contributed by atoms with Gasteiger partial charge in [0.2, 0.25) is 0 Å². The molecule has 27 heavy (non-hydrogen) atoms. The molecule has 2 heterocycles. The molecule has 1 fully saturated rings. The monoisotopic (exact) mass is 364 g/mol. The van der Waals surface area contributed by atoms with Crippen molar-refractivity contribution in [1.82, 2.24) is 20.0 Å². The van der Waals surface area contributed by atoms with Gasteiger partial charge in [0.15, 0.2) is 18.0 Å². The summed E-state index contributed by atoms with van der Waals surface area (Å²) in [6.45, 7) is -0.296. The second-order valence-corrected chi connectivity index (χ2v) is 6.86. The van der Waals surface area contributed by atoms with Crippen molar-refractivity contribution in [2.24, 2.45) is 0 Å². The first-order valence-corrected chi connectivity index (χ1v) is 9.19. The van der Waals surface area contributed by atoms with Crippen molar-refractivity contribution in [3.8, 4) is 0 Å². The minimum absolute atomic E-state index is 0.220. The van der Waals surface area contributed by atoms with Gasteiger partial charge in [-0.1, -0.05) is 43.5 Å². The number of carbonyl (C=O) groups excluding carboxylic acids is 2. The van der Waals surface area contributed by atoms with Crippen LogP contribution >= 0.6 is 0 Å². The smallest absolute Gasteiger partial charge is 0.340 e. The summed E-state index contributed by atoms with van der Waals surface area (Å²) in [5.41, 5.74) is 2.66. The summed E-state index contributed by atoms with van der Waals surface area (Å²) in [4.78, 5) is 24.5. The molecule has 0 aliphatic heterocycles. The van der Waals surface area contributed by atoms with Crippen molar-refractivity contribution in [2.75, 3.05) is 6.61 Å². The number of fused-ring (bicyclic) bond motifs is 1. The number of benzene rings is 1. The summed E-state index contributed by atoms with van der Waals surface area (Å²) >= 11 is 0. The lowest BCUT2D eigenvalue weighted by Gasteiger charge is -2.22. The fourth-order valence-electron chi connectivity index (χ4n) is 3.54. The van der Waals surface area contributed by atoms with E-state index in [2.05, 4.69) is 15.5 Å². The Morgan fingerprint density at radius 3 is 2.52 bits per heavy atom. The average molecular weight is 364 g/mol. The molecule has 0 radical (unpaired) electrons. The minimum Gasteiger partial charge on any atom is -0.454 e. The van der Waals surface area contributed by atoms with Gasteiger partial charge >= 0.3 is 5.97 Å². The second-order valence-electron chi connectivity index (χ2n) is 6.86. The third kappa shape index (κ3) is 3.86. The van der Waals surface area contributed by atoms with Gasteiger partial charge in [-0.15, -0.1) is 5.10 Å². The Hall–Kier alpha value is -3.09. The topological polar surface area (TPSA) is 86.5 Å². The highest BCUT2D eigenvalue weighted by Crippen LogP contribution is 2.32. The van der Waals surface area contributed by atoms with Crippen LogP contribution in [0, 0.1) is 0 Å². The van der Waals surface area contributed by atoms with E-state index in [1.54, 1.807) is 12.1 Å². The zero-order chi connectivity index (χ0) is 18.6. The molecule has 1 aliphatic carbocycles. The molecule has 1 aromatic carbocycles. The lowest BCUT2D eigenvalue weighted by molar-refractivity contribution is 0.0474. The molecular formula is C20H20N4O3. The van der Waals surface area contributed by atoms with Gasteiger partial charge < -0.3 is 4.74 Å². The number of hydrogen-bond acceptors (Lipinski definition) is 6. The fourth-order valence-corrected chi connectivity index (χ4v) is 3.54. The van der Waals surface area contributed by atoms with Gasteiger partial charge in [-0.05, 0) is 46.9 Å². The Bertz CT molecular complexity index is 959. The van der Waals surface area contributed by atoms with Crippen molar-refractivity contribution in [3.63, 3.8) is 0 Å². The first-order chi connectivity index (χ1) is 13.2. The molecule has 1 saturated carbocycles. The molecular weight excluding hydrogens is 344 g/mol. The molecule has 7 heteroatoms. The van der Waals surface area contributed by atoms with E-state index in [1.807, 2.05) is 24.3 Å². The van der Waals surface area contributed by atoms with Gasteiger partial charge in [0, 0.05) is 11.8 Å². The van der Waals surface area contributed by atoms with Crippen LogP contribution in [0.4, 0.5) is 0 Å². The molecule has 1 aliphatic rings. The summed E-state index contributed by atoms with van der Waals surface area (Å²) in [6.07, 6.45) is 7.78. The van der Waals surface area contributed by atoms with Crippen LogP contribution in [0.15, 0.2) is 42.6 Å². The maximum atomic E-state index is 12.3. The van der Waals surface area contributed by atoms with Crippen LogP contribution in [0.1, 0.15) is 64.3 Å². The Labute approximate surface area is 156 Å². The lowest BCUT2D eigenvalue weighted by Crippen LogP contribution is -2.15. The van der Waals surface area contributed by atoms with Crippen LogP contribution in [0.5, 0.6) is 0 Å². The van der Waals surface area contributed by atoms with Crippen molar-refractivity contribution in [2.45, 2.75) is 38.0 Å². The van der Waals surface area contributed by atoms with Crippen LogP contribution in [0.25, 0.3) is 5.65 Å². The van der Waals surface area contributed by atoms with Gasteiger partial charge in [0.1, 0.15) is 0 Å². The Kier molecular flexibility index (Phi) is 4.91. The van der Waals surface area contributed by atoms with E-state index in [1.165, 1.54) is 48.4 Å². The fraction of sp³-hybridized carbons (Fsp3) is 0.350. The van der Waals surface area contributed by atoms with Crippen LogP contribution < -0.4 is 0 Å². The minimum atomic E-state index is -0.584. The summed E-state index contributed by atoms with van der Waals surface area (Å²) < 4.78 is 6.52. The second kappa shape index (κ2) is 7.65. The van der Waals surface area contributed by atoms with Crippen molar-refractivity contribution < 1.29 is 14.3 Å². The molecule has 0 spiro atoms. The van der Waals surface area contributed by atoms with E-state index in [0.717, 1.165) is 0 Å². The molecule has 138 valence electrons. The van der Waals surface area contributed by atoms with Gasteiger partial charge in [-0.3, -0.25) is 4.79 Å².